The van der Waals surface area contributed by atoms with E-state index in [0.29, 0.717) is 43.9 Å². The second-order valence-electron chi connectivity index (χ2n) is 7.07. The standard InChI is InChI=1S/C23H25N3O3/c1-3-21(27)24-20-7-5-4-6-19(20)23(29)26-14-12-25(13-15-26)22(28)16-18-10-8-17(2)9-11-18/h3-11H,1,12-16H2,2H3,(H,24,27). The Hall–Kier alpha value is -3.41. The highest BCUT2D eigenvalue weighted by atomic mass is 16.2. The highest BCUT2D eigenvalue weighted by Crippen LogP contribution is 2.19. The third-order valence-electron chi connectivity index (χ3n) is 5.00. The Morgan fingerprint density at radius 1 is 0.966 bits per heavy atom. The van der Waals surface area contributed by atoms with Gasteiger partial charge in [0.2, 0.25) is 11.8 Å². The third-order valence-corrected chi connectivity index (χ3v) is 5.00. The number of para-hydroxylation sites is 1. The second kappa shape index (κ2) is 9.19. The Bertz CT molecular complexity index is 913. The molecule has 1 aliphatic heterocycles. The average molecular weight is 391 g/mol. The number of nitrogens with zero attached hydrogens (tertiary/aromatic N) is 2. The molecule has 6 nitrogen and oxygen atoms in total. The molecule has 0 aromatic heterocycles. The van der Waals surface area contributed by atoms with Crippen molar-refractivity contribution in [2.24, 2.45) is 0 Å². The minimum atomic E-state index is -0.364. The Morgan fingerprint density at radius 3 is 2.24 bits per heavy atom. The molecule has 1 heterocycles. The minimum Gasteiger partial charge on any atom is -0.339 e. The fraction of sp³-hybridized carbons (Fsp3) is 0.261. The van der Waals surface area contributed by atoms with Gasteiger partial charge >= 0.3 is 0 Å². The van der Waals surface area contributed by atoms with E-state index in [1.807, 2.05) is 31.2 Å². The molecule has 1 fully saturated rings. The highest BCUT2D eigenvalue weighted by Gasteiger charge is 2.26. The molecule has 0 bridgehead atoms. The second-order valence-corrected chi connectivity index (χ2v) is 7.07. The number of carbonyl (C=O) groups is 3. The van der Waals surface area contributed by atoms with Crippen molar-refractivity contribution in [3.05, 3.63) is 77.9 Å². The van der Waals surface area contributed by atoms with Gasteiger partial charge in [-0.2, -0.15) is 0 Å². The van der Waals surface area contributed by atoms with E-state index in [1.165, 1.54) is 6.08 Å². The van der Waals surface area contributed by atoms with Crippen LogP contribution in [0.15, 0.2) is 61.2 Å². The number of aryl methyl sites for hydroxylation is 1. The molecule has 150 valence electrons. The summed E-state index contributed by atoms with van der Waals surface area (Å²) in [5, 5.41) is 2.67. The van der Waals surface area contributed by atoms with Crippen LogP contribution in [-0.2, 0) is 16.0 Å². The van der Waals surface area contributed by atoms with Crippen LogP contribution in [0.5, 0.6) is 0 Å². The molecule has 0 atom stereocenters. The first-order valence-electron chi connectivity index (χ1n) is 9.63. The first kappa shape index (κ1) is 20.3. The van der Waals surface area contributed by atoms with Gasteiger partial charge in [-0.05, 0) is 30.7 Å². The summed E-state index contributed by atoms with van der Waals surface area (Å²) in [6, 6.07) is 14.9. The number of anilines is 1. The van der Waals surface area contributed by atoms with E-state index in [-0.39, 0.29) is 17.7 Å². The van der Waals surface area contributed by atoms with Crippen LogP contribution < -0.4 is 5.32 Å². The van der Waals surface area contributed by atoms with E-state index in [4.69, 9.17) is 0 Å². The van der Waals surface area contributed by atoms with E-state index >= 15 is 0 Å². The Labute approximate surface area is 170 Å². The van der Waals surface area contributed by atoms with Gasteiger partial charge in [-0.25, -0.2) is 0 Å². The Morgan fingerprint density at radius 2 is 1.59 bits per heavy atom. The molecule has 0 aliphatic carbocycles. The Kier molecular flexibility index (Phi) is 6.44. The molecule has 2 aromatic carbocycles. The molecular formula is C23H25N3O3. The zero-order valence-corrected chi connectivity index (χ0v) is 16.6. The summed E-state index contributed by atoms with van der Waals surface area (Å²) in [6.45, 7) is 7.37. The molecule has 2 aromatic rings. The van der Waals surface area contributed by atoms with E-state index in [2.05, 4.69) is 11.9 Å². The minimum absolute atomic E-state index is 0.0691. The summed E-state index contributed by atoms with van der Waals surface area (Å²) in [5.41, 5.74) is 3.05. The molecule has 3 rings (SSSR count). The maximum Gasteiger partial charge on any atom is 0.256 e. The summed E-state index contributed by atoms with van der Waals surface area (Å²) < 4.78 is 0. The lowest BCUT2D eigenvalue weighted by Gasteiger charge is -2.35. The van der Waals surface area contributed by atoms with Crippen molar-refractivity contribution >= 4 is 23.4 Å². The first-order chi connectivity index (χ1) is 14.0. The predicted octanol–water partition coefficient (Wildman–Crippen LogP) is 2.65. The lowest BCUT2D eigenvalue weighted by Crippen LogP contribution is -2.51. The van der Waals surface area contributed by atoms with E-state index < -0.39 is 0 Å². The third kappa shape index (κ3) is 5.10. The normalized spacial score (nSPS) is 13.7. The monoisotopic (exact) mass is 391 g/mol. The van der Waals surface area contributed by atoms with Gasteiger partial charge in [0.05, 0.1) is 17.7 Å². The lowest BCUT2D eigenvalue weighted by atomic mass is 10.1. The summed E-state index contributed by atoms with van der Waals surface area (Å²) in [7, 11) is 0. The van der Waals surface area contributed by atoms with Crippen molar-refractivity contribution < 1.29 is 14.4 Å². The van der Waals surface area contributed by atoms with Crippen LogP contribution >= 0.6 is 0 Å². The molecule has 1 N–H and O–H groups in total. The van der Waals surface area contributed by atoms with Gasteiger partial charge in [0, 0.05) is 26.2 Å². The Balaban J connectivity index is 1.60. The number of carbonyl (C=O) groups excluding carboxylic acids is 3. The molecule has 1 saturated heterocycles. The van der Waals surface area contributed by atoms with Crippen LogP contribution in [0.2, 0.25) is 0 Å². The molecule has 1 aliphatic rings. The average Bonchev–Trinajstić information content (AvgIpc) is 2.75. The van der Waals surface area contributed by atoms with Crippen LogP contribution in [0.1, 0.15) is 21.5 Å². The van der Waals surface area contributed by atoms with Gasteiger partial charge in [-0.1, -0.05) is 48.5 Å². The number of rotatable bonds is 5. The van der Waals surface area contributed by atoms with Crippen molar-refractivity contribution in [1.29, 1.82) is 0 Å². The number of hydrogen-bond acceptors (Lipinski definition) is 3. The quantitative estimate of drug-likeness (QED) is 0.797. The van der Waals surface area contributed by atoms with Crippen molar-refractivity contribution in [1.82, 2.24) is 9.80 Å². The van der Waals surface area contributed by atoms with Gasteiger partial charge in [0.1, 0.15) is 0 Å². The highest BCUT2D eigenvalue weighted by molar-refractivity contribution is 6.06. The molecule has 3 amide bonds. The fourth-order valence-corrected chi connectivity index (χ4v) is 3.28. The van der Waals surface area contributed by atoms with Crippen molar-refractivity contribution in [2.75, 3.05) is 31.5 Å². The zero-order valence-electron chi connectivity index (χ0n) is 16.6. The summed E-state index contributed by atoms with van der Waals surface area (Å²) in [5.74, 6) is -0.452. The zero-order chi connectivity index (χ0) is 20.8. The summed E-state index contributed by atoms with van der Waals surface area (Å²) in [6.07, 6.45) is 1.53. The van der Waals surface area contributed by atoms with Crippen LogP contribution in [0.4, 0.5) is 5.69 Å². The lowest BCUT2D eigenvalue weighted by molar-refractivity contribution is -0.131. The number of piperazine rings is 1. The number of amides is 3. The number of hydrogen-bond donors (Lipinski definition) is 1. The topological polar surface area (TPSA) is 69.7 Å². The van der Waals surface area contributed by atoms with Gasteiger partial charge in [0.15, 0.2) is 0 Å². The molecule has 29 heavy (non-hydrogen) atoms. The molecule has 6 heteroatoms. The van der Waals surface area contributed by atoms with Crippen LogP contribution in [0.25, 0.3) is 0 Å². The molecule has 0 unspecified atom stereocenters. The van der Waals surface area contributed by atoms with Gasteiger partial charge < -0.3 is 15.1 Å². The predicted molar refractivity (Wildman–Crippen MR) is 113 cm³/mol. The van der Waals surface area contributed by atoms with Crippen LogP contribution in [0, 0.1) is 6.92 Å². The van der Waals surface area contributed by atoms with E-state index in [1.54, 1.807) is 34.1 Å². The maximum atomic E-state index is 12.9. The van der Waals surface area contributed by atoms with E-state index in [9.17, 15) is 14.4 Å². The van der Waals surface area contributed by atoms with Crippen molar-refractivity contribution in [3.8, 4) is 0 Å². The smallest absolute Gasteiger partial charge is 0.256 e. The fourth-order valence-electron chi connectivity index (χ4n) is 3.28. The van der Waals surface area contributed by atoms with Gasteiger partial charge in [-0.3, -0.25) is 14.4 Å². The molecule has 0 saturated carbocycles. The largest absolute Gasteiger partial charge is 0.339 e. The molecular weight excluding hydrogens is 366 g/mol. The molecule has 0 spiro atoms. The van der Waals surface area contributed by atoms with Crippen molar-refractivity contribution in [2.45, 2.75) is 13.3 Å². The number of nitrogens with one attached hydrogen (secondary N) is 1. The number of benzene rings is 2. The molecule has 0 radical (unpaired) electrons. The van der Waals surface area contributed by atoms with E-state index in [0.717, 1.165) is 11.1 Å². The van der Waals surface area contributed by atoms with Crippen LogP contribution in [0.3, 0.4) is 0 Å². The van der Waals surface area contributed by atoms with Gasteiger partial charge in [0.25, 0.3) is 5.91 Å². The van der Waals surface area contributed by atoms with Crippen LogP contribution in [-0.4, -0.2) is 53.7 Å². The summed E-state index contributed by atoms with van der Waals surface area (Å²) in [4.78, 5) is 40.6. The first-order valence-corrected chi connectivity index (χ1v) is 9.63. The SMILES string of the molecule is C=CC(=O)Nc1ccccc1C(=O)N1CCN(C(=O)Cc2ccc(C)cc2)CC1. The van der Waals surface area contributed by atoms with Gasteiger partial charge in [-0.15, -0.1) is 0 Å². The maximum absolute atomic E-state index is 12.9. The summed E-state index contributed by atoms with van der Waals surface area (Å²) >= 11 is 0. The van der Waals surface area contributed by atoms with Crippen molar-refractivity contribution in [3.63, 3.8) is 0 Å².